The van der Waals surface area contributed by atoms with E-state index >= 15 is 0 Å². The molecule has 1 atom stereocenters. The first kappa shape index (κ1) is 9.57. The fourth-order valence-corrected chi connectivity index (χ4v) is 1.19. The van der Waals surface area contributed by atoms with Crippen LogP contribution in [0.5, 0.6) is 0 Å². The highest BCUT2D eigenvalue weighted by molar-refractivity contribution is 8.25. The maximum atomic E-state index is 8.79. The highest BCUT2D eigenvalue weighted by Gasteiger charge is 1.96. The minimum atomic E-state index is -0.278. The van der Waals surface area contributed by atoms with Crippen molar-refractivity contribution in [2.24, 2.45) is 0 Å². The third kappa shape index (κ3) is 6.46. The van der Waals surface area contributed by atoms with E-state index in [1.54, 1.807) is 12.7 Å². The van der Waals surface area contributed by atoms with Gasteiger partial charge in [0.05, 0.1) is 10.3 Å². The molecule has 9 heavy (non-hydrogen) atoms. The van der Waals surface area contributed by atoms with E-state index in [1.807, 2.05) is 0 Å². The van der Waals surface area contributed by atoms with E-state index in [1.165, 1.54) is 11.8 Å². The van der Waals surface area contributed by atoms with Gasteiger partial charge in [0, 0.05) is 5.75 Å². The molecule has 0 aromatic carbocycles. The summed E-state index contributed by atoms with van der Waals surface area (Å²) < 4.78 is 0.771. The average Bonchev–Trinajstić information content (AvgIpc) is 1.83. The van der Waals surface area contributed by atoms with E-state index in [0.717, 1.165) is 4.20 Å². The van der Waals surface area contributed by atoms with Gasteiger partial charge in [-0.15, -0.1) is 20.6 Å². The Morgan fingerprint density at radius 2 is 2.56 bits per heavy atom. The van der Waals surface area contributed by atoms with E-state index in [-0.39, 0.29) is 6.10 Å². The smallest absolute Gasteiger partial charge is 0.0746 e. The van der Waals surface area contributed by atoms with Crippen molar-refractivity contribution in [3.63, 3.8) is 0 Å². The van der Waals surface area contributed by atoms with Crippen LogP contribution in [0.2, 0.25) is 0 Å². The molecule has 0 aliphatic carbocycles. The summed E-state index contributed by atoms with van der Waals surface area (Å²) in [6, 6.07) is 0. The normalized spacial score (nSPS) is 12.7. The minimum absolute atomic E-state index is 0.278. The Balaban J connectivity index is 3.27. The predicted molar refractivity (Wildman–Crippen MR) is 51.1 cm³/mol. The summed E-state index contributed by atoms with van der Waals surface area (Å²) in [4.78, 5) is 0. The number of thiocarbonyl (C=S) groups is 1. The molecule has 0 rings (SSSR count). The lowest BCUT2D eigenvalue weighted by Gasteiger charge is -1.99. The Bertz CT molecular complexity index is 114. The van der Waals surface area contributed by atoms with Gasteiger partial charge in [0.15, 0.2) is 0 Å². The predicted octanol–water partition coefficient (Wildman–Crippen LogP) is 1.37. The molecule has 0 aliphatic heterocycles. The number of aliphatic hydroxyl groups is 1. The quantitative estimate of drug-likeness (QED) is 0.523. The monoisotopic (exact) mass is 180 g/mol. The van der Waals surface area contributed by atoms with Gasteiger partial charge >= 0.3 is 0 Å². The molecule has 1 nitrogen and oxygen atoms in total. The topological polar surface area (TPSA) is 20.2 Å². The van der Waals surface area contributed by atoms with Gasteiger partial charge in [0.2, 0.25) is 0 Å². The van der Waals surface area contributed by atoms with Gasteiger partial charge in [-0.25, -0.2) is 0 Å². The van der Waals surface area contributed by atoms with E-state index in [9.17, 15) is 0 Å². The largest absolute Gasteiger partial charge is 0.393 e. The fraction of sp³-hybridized carbons (Fsp3) is 0.600. The second-order valence-corrected chi connectivity index (χ2v) is 3.67. The molecule has 1 N–H and O–H groups in total. The van der Waals surface area contributed by atoms with Crippen LogP contribution in [0.1, 0.15) is 6.92 Å². The Morgan fingerprint density at radius 3 is 2.89 bits per heavy atom. The van der Waals surface area contributed by atoms with Gasteiger partial charge in [-0.2, -0.15) is 0 Å². The molecule has 0 heterocycles. The molecule has 0 aromatic rings. The van der Waals surface area contributed by atoms with Crippen molar-refractivity contribution in [3.05, 3.63) is 0 Å². The van der Waals surface area contributed by atoms with E-state index in [4.69, 9.17) is 17.3 Å². The summed E-state index contributed by atoms with van der Waals surface area (Å²) in [6.45, 7) is 1.74. The highest BCUT2D eigenvalue weighted by Crippen LogP contribution is 2.04. The van der Waals surface area contributed by atoms with Crippen LogP contribution in [0.3, 0.4) is 0 Å². The summed E-state index contributed by atoms with van der Waals surface area (Å²) in [7, 11) is 3.14. The van der Waals surface area contributed by atoms with Crippen LogP contribution >= 0.6 is 32.8 Å². The molecule has 4 heteroatoms. The molecule has 1 unspecified atom stereocenters. The van der Waals surface area contributed by atoms with Gasteiger partial charge in [0.25, 0.3) is 0 Å². The molecule has 0 aliphatic rings. The highest BCUT2D eigenvalue weighted by atomic mass is 32.2. The first-order chi connectivity index (χ1) is 4.16. The van der Waals surface area contributed by atoms with Crippen molar-refractivity contribution in [2.45, 2.75) is 13.0 Å². The van der Waals surface area contributed by atoms with E-state index in [2.05, 4.69) is 8.86 Å². The van der Waals surface area contributed by atoms with Crippen molar-refractivity contribution in [1.82, 2.24) is 0 Å². The number of aliphatic hydroxyl groups excluding tert-OH is 1. The second-order valence-electron chi connectivity index (χ2n) is 1.62. The summed E-state index contributed by atoms with van der Waals surface area (Å²) >= 11 is 6.28. The standard InChI is InChI=1S/C5H9OPS2/c1-4(6)3-9-5(8)2-7/h2,4,6-7H,3H2,1H3. The lowest BCUT2D eigenvalue weighted by molar-refractivity contribution is 0.220. The molecule has 0 aromatic heterocycles. The van der Waals surface area contributed by atoms with Crippen LogP contribution < -0.4 is 0 Å². The first-order valence-electron chi connectivity index (χ1n) is 2.52. The summed E-state index contributed by atoms with van der Waals surface area (Å²) in [6.07, 6.45) is -0.278. The van der Waals surface area contributed by atoms with Crippen molar-refractivity contribution in [1.29, 1.82) is 0 Å². The van der Waals surface area contributed by atoms with Crippen molar-refractivity contribution in [2.75, 3.05) is 5.75 Å². The number of rotatable bonds is 3. The fourth-order valence-electron chi connectivity index (χ4n) is 0.244. The zero-order valence-corrected chi connectivity index (χ0v) is 7.76. The van der Waals surface area contributed by atoms with Crippen LogP contribution in [-0.4, -0.2) is 27.0 Å². The average molecular weight is 180 g/mol. The van der Waals surface area contributed by atoms with Crippen molar-refractivity contribution in [3.8, 4) is 0 Å². The molecular weight excluding hydrogens is 171 g/mol. The SMILES string of the molecule is CC(O)CSC(=S)C=P. The Hall–Kier alpha value is 0.570. The van der Waals surface area contributed by atoms with Gasteiger partial charge in [0.1, 0.15) is 0 Å². The molecule has 0 fully saturated rings. The lowest BCUT2D eigenvalue weighted by Crippen LogP contribution is -2.04. The Labute approximate surface area is 67.1 Å². The number of hydrogen-bond donors (Lipinski definition) is 1. The van der Waals surface area contributed by atoms with Crippen LogP contribution in [0.25, 0.3) is 0 Å². The summed E-state index contributed by atoms with van der Waals surface area (Å²) in [5, 5.41) is 8.79. The molecule has 0 bridgehead atoms. The maximum absolute atomic E-state index is 8.79. The Morgan fingerprint density at radius 1 is 2.00 bits per heavy atom. The van der Waals surface area contributed by atoms with Crippen LogP contribution in [0.15, 0.2) is 0 Å². The van der Waals surface area contributed by atoms with Crippen LogP contribution in [-0.2, 0) is 0 Å². The molecule has 0 radical (unpaired) electrons. The third-order valence-electron chi connectivity index (χ3n) is 0.585. The first-order valence-corrected chi connectivity index (χ1v) is 4.49. The Kier molecular flexibility index (Phi) is 5.70. The minimum Gasteiger partial charge on any atom is -0.393 e. The van der Waals surface area contributed by atoms with Crippen LogP contribution in [0.4, 0.5) is 0 Å². The van der Waals surface area contributed by atoms with Gasteiger partial charge in [-0.3, -0.25) is 0 Å². The van der Waals surface area contributed by atoms with E-state index in [0.29, 0.717) is 5.75 Å². The zero-order valence-electron chi connectivity index (χ0n) is 5.13. The van der Waals surface area contributed by atoms with Gasteiger partial charge < -0.3 is 5.11 Å². The number of hydrogen-bond acceptors (Lipinski definition) is 3. The second kappa shape index (κ2) is 5.36. The molecular formula is C5H9OPS2. The molecule has 52 valence electrons. The van der Waals surface area contributed by atoms with Crippen molar-refractivity contribution >= 4 is 42.8 Å². The van der Waals surface area contributed by atoms with Gasteiger partial charge in [-0.05, 0) is 12.7 Å². The van der Waals surface area contributed by atoms with E-state index < -0.39 is 0 Å². The van der Waals surface area contributed by atoms with Gasteiger partial charge in [-0.1, -0.05) is 12.2 Å². The molecule has 0 saturated heterocycles. The maximum Gasteiger partial charge on any atom is 0.0746 e. The zero-order chi connectivity index (χ0) is 7.28. The molecule has 0 saturated carbocycles. The molecule has 0 amide bonds. The summed E-state index contributed by atoms with van der Waals surface area (Å²) in [5.41, 5.74) is 0. The summed E-state index contributed by atoms with van der Waals surface area (Å²) in [5.74, 6) is 2.34. The third-order valence-corrected chi connectivity index (χ3v) is 2.81. The lowest BCUT2D eigenvalue weighted by atomic mass is 10.5. The van der Waals surface area contributed by atoms with Crippen molar-refractivity contribution < 1.29 is 5.11 Å². The molecule has 0 spiro atoms. The van der Waals surface area contributed by atoms with Crippen LogP contribution in [0, 0.1) is 0 Å². The number of thioether (sulfide) groups is 1.